The number of esters is 1. The minimum absolute atomic E-state index is 0.0652. The monoisotopic (exact) mass is 310 g/mol. The van der Waals surface area contributed by atoms with Gasteiger partial charge in [-0.1, -0.05) is 12.8 Å². The van der Waals surface area contributed by atoms with Crippen molar-refractivity contribution in [2.45, 2.75) is 57.0 Å². The summed E-state index contributed by atoms with van der Waals surface area (Å²) in [5, 5.41) is 8.84. The van der Waals surface area contributed by atoms with Crippen LogP contribution in [0.5, 0.6) is 0 Å². The highest BCUT2D eigenvalue weighted by Gasteiger charge is 2.69. The van der Waals surface area contributed by atoms with Gasteiger partial charge in [-0.25, -0.2) is 0 Å². The van der Waals surface area contributed by atoms with E-state index in [1.54, 1.807) is 0 Å². The highest BCUT2D eigenvalue weighted by molar-refractivity contribution is 5.65. The van der Waals surface area contributed by atoms with Crippen LogP contribution in [0.3, 0.4) is 0 Å². The molecule has 120 valence electrons. The molecular weight excluding hydrogens is 294 g/mol. The van der Waals surface area contributed by atoms with Crippen molar-refractivity contribution in [3.63, 3.8) is 0 Å². The smallest absolute Gasteiger partial charge is 0.426 e. The number of aliphatic hydroxyl groups is 1. The lowest BCUT2D eigenvalue weighted by Gasteiger charge is -2.32. The van der Waals surface area contributed by atoms with Gasteiger partial charge in [0.15, 0.2) is 0 Å². The van der Waals surface area contributed by atoms with Gasteiger partial charge >= 0.3 is 18.3 Å². The molecule has 0 spiro atoms. The number of alkyl halides is 6. The number of halogens is 6. The molecule has 0 bridgehead atoms. The van der Waals surface area contributed by atoms with Gasteiger partial charge in [0.05, 0.1) is 6.61 Å². The van der Waals surface area contributed by atoms with Crippen LogP contribution in [0.1, 0.15) is 39.0 Å². The average Bonchev–Trinajstić information content (AvgIpc) is 2.23. The van der Waals surface area contributed by atoms with E-state index in [-0.39, 0.29) is 13.0 Å². The Hall–Kier alpha value is -0.990. The Balaban J connectivity index is 4.16. The van der Waals surface area contributed by atoms with Gasteiger partial charge in [-0.2, -0.15) is 26.3 Å². The first-order valence-corrected chi connectivity index (χ1v) is 5.91. The lowest BCUT2D eigenvalue weighted by Crippen LogP contribution is -2.56. The summed E-state index contributed by atoms with van der Waals surface area (Å²) in [6.07, 6.45) is -12.7. The second-order valence-electron chi connectivity index (χ2n) is 4.36. The SMILES string of the molecule is CC(=O)OCCCCCCC(O)(C(F)(F)F)C(F)(F)F. The lowest BCUT2D eigenvalue weighted by molar-refractivity contribution is -0.370. The van der Waals surface area contributed by atoms with Crippen molar-refractivity contribution >= 4 is 5.97 Å². The van der Waals surface area contributed by atoms with Crippen LogP contribution in [0.25, 0.3) is 0 Å². The van der Waals surface area contributed by atoms with E-state index in [4.69, 9.17) is 5.11 Å². The minimum Gasteiger partial charge on any atom is -0.466 e. The normalized spacial score (nSPS) is 13.4. The standard InChI is InChI=1S/C11H16F6O3/c1-8(18)20-7-5-3-2-4-6-9(19,10(12,13)14)11(15,16)17/h19H,2-7H2,1H3. The van der Waals surface area contributed by atoms with Crippen molar-refractivity contribution in [2.75, 3.05) is 6.61 Å². The average molecular weight is 310 g/mol. The van der Waals surface area contributed by atoms with Gasteiger partial charge < -0.3 is 9.84 Å². The molecule has 0 rings (SSSR count). The molecular formula is C11H16F6O3. The Kier molecular flexibility index (Phi) is 6.79. The van der Waals surface area contributed by atoms with Gasteiger partial charge in [0.1, 0.15) is 0 Å². The molecule has 3 nitrogen and oxygen atoms in total. The highest BCUT2D eigenvalue weighted by atomic mass is 19.4. The van der Waals surface area contributed by atoms with Crippen LogP contribution in [0.2, 0.25) is 0 Å². The molecule has 0 aromatic rings. The lowest BCUT2D eigenvalue weighted by atomic mass is 9.94. The third-order valence-corrected chi connectivity index (χ3v) is 2.68. The molecule has 0 unspecified atom stereocenters. The van der Waals surface area contributed by atoms with Crippen molar-refractivity contribution < 1.29 is 41.0 Å². The van der Waals surface area contributed by atoms with Crippen LogP contribution >= 0.6 is 0 Å². The zero-order chi connectivity index (χ0) is 16.0. The van der Waals surface area contributed by atoms with E-state index in [0.717, 1.165) is 0 Å². The predicted molar refractivity (Wildman–Crippen MR) is 56.8 cm³/mol. The van der Waals surface area contributed by atoms with E-state index in [9.17, 15) is 31.1 Å². The van der Waals surface area contributed by atoms with Crippen LogP contribution in [0.15, 0.2) is 0 Å². The van der Waals surface area contributed by atoms with Crippen molar-refractivity contribution in [2.24, 2.45) is 0 Å². The van der Waals surface area contributed by atoms with Gasteiger partial charge in [0.2, 0.25) is 0 Å². The van der Waals surface area contributed by atoms with Crippen molar-refractivity contribution in [1.29, 1.82) is 0 Å². The van der Waals surface area contributed by atoms with Crippen LogP contribution in [-0.4, -0.2) is 35.6 Å². The number of carbonyl (C=O) groups excluding carboxylic acids is 1. The quantitative estimate of drug-likeness (QED) is 0.445. The van der Waals surface area contributed by atoms with Crippen LogP contribution < -0.4 is 0 Å². The number of hydrogen-bond donors (Lipinski definition) is 1. The van der Waals surface area contributed by atoms with Gasteiger partial charge in [-0.15, -0.1) is 0 Å². The summed E-state index contributed by atoms with van der Waals surface area (Å²) in [5.41, 5.74) is -4.67. The molecule has 0 aliphatic carbocycles. The maximum atomic E-state index is 12.3. The zero-order valence-corrected chi connectivity index (χ0v) is 10.8. The highest BCUT2D eigenvalue weighted by Crippen LogP contribution is 2.46. The summed E-state index contributed by atoms with van der Waals surface area (Å²) in [5.74, 6) is -0.506. The van der Waals surface area contributed by atoms with E-state index < -0.39 is 36.8 Å². The molecule has 20 heavy (non-hydrogen) atoms. The first kappa shape index (κ1) is 19.0. The third-order valence-electron chi connectivity index (χ3n) is 2.68. The molecule has 0 aromatic heterocycles. The Morgan fingerprint density at radius 3 is 1.80 bits per heavy atom. The molecule has 0 aliphatic rings. The molecule has 0 saturated carbocycles. The van der Waals surface area contributed by atoms with Crippen molar-refractivity contribution in [3.05, 3.63) is 0 Å². The first-order chi connectivity index (χ1) is 8.92. The summed E-state index contributed by atoms with van der Waals surface area (Å²) in [7, 11) is 0. The molecule has 9 heteroatoms. The summed E-state index contributed by atoms with van der Waals surface area (Å²) >= 11 is 0. The van der Waals surface area contributed by atoms with Crippen molar-refractivity contribution in [3.8, 4) is 0 Å². The Morgan fingerprint density at radius 2 is 1.40 bits per heavy atom. The molecule has 0 heterocycles. The van der Waals surface area contributed by atoms with E-state index >= 15 is 0 Å². The molecule has 1 N–H and O–H groups in total. The maximum Gasteiger partial charge on any atom is 0.426 e. The topological polar surface area (TPSA) is 46.5 Å². The minimum atomic E-state index is -5.76. The van der Waals surface area contributed by atoms with Gasteiger partial charge in [0.25, 0.3) is 5.60 Å². The Bertz CT molecular complexity index is 296. The van der Waals surface area contributed by atoms with Crippen LogP contribution in [-0.2, 0) is 9.53 Å². The number of rotatable bonds is 7. The second kappa shape index (κ2) is 7.14. The molecule has 0 saturated heterocycles. The fourth-order valence-corrected chi connectivity index (χ4v) is 1.50. The van der Waals surface area contributed by atoms with Crippen molar-refractivity contribution in [1.82, 2.24) is 0 Å². The summed E-state index contributed by atoms with van der Waals surface area (Å²) in [6.45, 7) is 1.25. The first-order valence-electron chi connectivity index (χ1n) is 5.91. The van der Waals surface area contributed by atoms with E-state index in [1.807, 2.05) is 0 Å². The molecule has 0 aliphatic heterocycles. The number of carbonyl (C=O) groups is 1. The van der Waals surface area contributed by atoms with Crippen LogP contribution in [0.4, 0.5) is 26.3 Å². The summed E-state index contributed by atoms with van der Waals surface area (Å²) in [6, 6.07) is 0. The predicted octanol–water partition coefficient (Wildman–Crippen LogP) is 3.36. The number of unbranched alkanes of at least 4 members (excludes halogenated alkanes) is 3. The molecule has 0 radical (unpaired) electrons. The van der Waals surface area contributed by atoms with E-state index in [0.29, 0.717) is 12.8 Å². The molecule has 0 fully saturated rings. The second-order valence-corrected chi connectivity index (χ2v) is 4.36. The molecule has 0 aromatic carbocycles. The molecule has 0 atom stereocenters. The third kappa shape index (κ3) is 5.56. The Morgan fingerprint density at radius 1 is 0.950 bits per heavy atom. The van der Waals surface area contributed by atoms with E-state index in [1.165, 1.54) is 6.92 Å². The molecule has 0 amide bonds. The fourth-order valence-electron chi connectivity index (χ4n) is 1.50. The number of ether oxygens (including phenoxy) is 1. The zero-order valence-electron chi connectivity index (χ0n) is 10.8. The summed E-state index contributed by atoms with van der Waals surface area (Å²) < 4.78 is 78.3. The summed E-state index contributed by atoms with van der Waals surface area (Å²) in [4.78, 5) is 10.4. The maximum absolute atomic E-state index is 12.3. The fraction of sp³-hybridized carbons (Fsp3) is 0.909. The Labute approximate surface area is 111 Å². The van der Waals surface area contributed by atoms with Gasteiger partial charge in [-0.05, 0) is 19.3 Å². The van der Waals surface area contributed by atoms with Gasteiger partial charge in [0, 0.05) is 6.92 Å². The van der Waals surface area contributed by atoms with Crippen LogP contribution in [0, 0.1) is 0 Å². The largest absolute Gasteiger partial charge is 0.466 e. The number of hydrogen-bond acceptors (Lipinski definition) is 3. The van der Waals surface area contributed by atoms with E-state index in [2.05, 4.69) is 4.74 Å². The van der Waals surface area contributed by atoms with Gasteiger partial charge in [-0.3, -0.25) is 4.79 Å².